The number of nitrogens with zero attached hydrogens (tertiary/aromatic N) is 2. The first-order valence-electron chi connectivity index (χ1n) is 6.27. The summed E-state index contributed by atoms with van der Waals surface area (Å²) in [7, 11) is 0. The van der Waals surface area contributed by atoms with Crippen LogP contribution in [0.5, 0.6) is 0 Å². The van der Waals surface area contributed by atoms with Gasteiger partial charge in [0.25, 0.3) is 5.56 Å². The van der Waals surface area contributed by atoms with Crippen molar-refractivity contribution in [1.29, 1.82) is 0 Å². The van der Waals surface area contributed by atoms with Crippen LogP contribution in [0.15, 0.2) is 22.6 Å². The SMILES string of the molecule is O=c1c2sccc2ncn1CC1CCCCC1. The molecule has 3 rings (SSSR count). The van der Waals surface area contributed by atoms with Gasteiger partial charge in [0.1, 0.15) is 4.70 Å². The highest BCUT2D eigenvalue weighted by Crippen LogP contribution is 2.24. The second-order valence-corrected chi connectivity index (χ2v) is 5.76. The van der Waals surface area contributed by atoms with Crippen molar-refractivity contribution in [3.8, 4) is 0 Å². The molecule has 0 bridgehead atoms. The van der Waals surface area contributed by atoms with Crippen LogP contribution in [0.4, 0.5) is 0 Å². The molecule has 2 aromatic heterocycles. The van der Waals surface area contributed by atoms with Gasteiger partial charge < -0.3 is 0 Å². The number of fused-ring (bicyclic) bond motifs is 1. The lowest BCUT2D eigenvalue weighted by Gasteiger charge is -2.21. The molecule has 0 unspecified atom stereocenters. The Hall–Kier alpha value is -1.16. The topological polar surface area (TPSA) is 34.9 Å². The normalized spacial score (nSPS) is 17.6. The average molecular weight is 248 g/mol. The molecule has 4 heteroatoms. The van der Waals surface area contributed by atoms with E-state index in [0.717, 1.165) is 16.8 Å². The number of thiophene rings is 1. The molecule has 0 amide bonds. The van der Waals surface area contributed by atoms with Crippen molar-refractivity contribution < 1.29 is 0 Å². The van der Waals surface area contributed by atoms with E-state index in [1.807, 2.05) is 11.4 Å². The average Bonchev–Trinajstić information content (AvgIpc) is 2.83. The third-order valence-corrected chi connectivity index (χ3v) is 4.51. The molecule has 0 saturated heterocycles. The van der Waals surface area contributed by atoms with Gasteiger partial charge in [-0.2, -0.15) is 0 Å². The molecule has 0 aliphatic heterocycles. The van der Waals surface area contributed by atoms with Crippen LogP contribution in [0.2, 0.25) is 0 Å². The Balaban J connectivity index is 1.89. The van der Waals surface area contributed by atoms with Crippen LogP contribution in [0, 0.1) is 5.92 Å². The van der Waals surface area contributed by atoms with E-state index in [-0.39, 0.29) is 5.56 Å². The van der Waals surface area contributed by atoms with Crippen molar-refractivity contribution in [2.45, 2.75) is 38.6 Å². The molecule has 17 heavy (non-hydrogen) atoms. The van der Waals surface area contributed by atoms with Gasteiger partial charge in [-0.1, -0.05) is 19.3 Å². The van der Waals surface area contributed by atoms with Crippen LogP contribution in [-0.2, 0) is 6.54 Å². The summed E-state index contributed by atoms with van der Waals surface area (Å²) in [6.07, 6.45) is 8.21. The Bertz CT molecular complexity index is 566. The molecule has 90 valence electrons. The molecule has 1 aliphatic rings. The minimum Gasteiger partial charge on any atom is -0.298 e. The molecule has 1 fully saturated rings. The molecule has 0 radical (unpaired) electrons. The van der Waals surface area contributed by atoms with Gasteiger partial charge in [-0.05, 0) is 30.2 Å². The van der Waals surface area contributed by atoms with Gasteiger partial charge in [0.05, 0.1) is 11.8 Å². The van der Waals surface area contributed by atoms with Gasteiger partial charge in [0.2, 0.25) is 0 Å². The highest BCUT2D eigenvalue weighted by atomic mass is 32.1. The molecule has 0 N–H and O–H groups in total. The Morgan fingerprint density at radius 1 is 1.35 bits per heavy atom. The van der Waals surface area contributed by atoms with Gasteiger partial charge in [0.15, 0.2) is 0 Å². The van der Waals surface area contributed by atoms with E-state index in [4.69, 9.17) is 0 Å². The first-order valence-corrected chi connectivity index (χ1v) is 7.15. The third kappa shape index (κ3) is 2.14. The fraction of sp³-hybridized carbons (Fsp3) is 0.538. The van der Waals surface area contributed by atoms with E-state index in [2.05, 4.69) is 4.98 Å². The van der Waals surface area contributed by atoms with Crippen LogP contribution in [0.1, 0.15) is 32.1 Å². The van der Waals surface area contributed by atoms with Crippen molar-refractivity contribution in [2.24, 2.45) is 5.92 Å². The van der Waals surface area contributed by atoms with Gasteiger partial charge in [-0.15, -0.1) is 11.3 Å². The molecule has 1 saturated carbocycles. The maximum atomic E-state index is 12.2. The van der Waals surface area contributed by atoms with E-state index < -0.39 is 0 Å². The van der Waals surface area contributed by atoms with E-state index in [9.17, 15) is 4.79 Å². The molecule has 2 heterocycles. The summed E-state index contributed by atoms with van der Waals surface area (Å²) in [5, 5.41) is 1.93. The Morgan fingerprint density at radius 3 is 3.00 bits per heavy atom. The number of aromatic nitrogens is 2. The second kappa shape index (κ2) is 4.61. The number of hydrogen-bond donors (Lipinski definition) is 0. The molecule has 1 aliphatic carbocycles. The summed E-state index contributed by atoms with van der Waals surface area (Å²) in [4.78, 5) is 16.5. The predicted octanol–water partition coefficient (Wildman–Crippen LogP) is 3.04. The third-order valence-electron chi connectivity index (χ3n) is 3.62. The summed E-state index contributed by atoms with van der Waals surface area (Å²) >= 11 is 1.49. The van der Waals surface area contributed by atoms with Crippen molar-refractivity contribution in [1.82, 2.24) is 9.55 Å². The van der Waals surface area contributed by atoms with E-state index in [1.165, 1.54) is 43.4 Å². The van der Waals surface area contributed by atoms with Crippen molar-refractivity contribution in [3.63, 3.8) is 0 Å². The zero-order valence-electron chi connectivity index (χ0n) is 9.76. The predicted molar refractivity (Wildman–Crippen MR) is 70.5 cm³/mol. The van der Waals surface area contributed by atoms with Gasteiger partial charge >= 0.3 is 0 Å². The summed E-state index contributed by atoms with van der Waals surface area (Å²) < 4.78 is 2.60. The fourth-order valence-electron chi connectivity index (χ4n) is 2.66. The quantitative estimate of drug-likeness (QED) is 0.818. The summed E-state index contributed by atoms with van der Waals surface area (Å²) in [5.74, 6) is 0.667. The van der Waals surface area contributed by atoms with Crippen LogP contribution < -0.4 is 5.56 Å². The standard InChI is InChI=1S/C13H16N2OS/c16-13-12-11(6-7-17-12)14-9-15(13)8-10-4-2-1-3-5-10/h6-7,9-10H,1-5,8H2. The molecule has 0 atom stereocenters. The number of rotatable bonds is 2. The lowest BCUT2D eigenvalue weighted by Crippen LogP contribution is -2.24. The minimum atomic E-state index is 0.135. The monoisotopic (exact) mass is 248 g/mol. The first kappa shape index (κ1) is 11.0. The van der Waals surface area contributed by atoms with E-state index in [1.54, 1.807) is 10.9 Å². The maximum Gasteiger partial charge on any atom is 0.271 e. The van der Waals surface area contributed by atoms with Crippen molar-refractivity contribution in [2.75, 3.05) is 0 Å². The first-order chi connectivity index (χ1) is 8.34. The minimum absolute atomic E-state index is 0.135. The molecular weight excluding hydrogens is 232 g/mol. The van der Waals surface area contributed by atoms with Crippen LogP contribution in [0.3, 0.4) is 0 Å². The molecular formula is C13H16N2OS. The molecule has 3 nitrogen and oxygen atoms in total. The number of hydrogen-bond acceptors (Lipinski definition) is 3. The Labute approximate surface area is 104 Å². The fourth-order valence-corrected chi connectivity index (χ4v) is 3.45. The van der Waals surface area contributed by atoms with Crippen LogP contribution >= 0.6 is 11.3 Å². The largest absolute Gasteiger partial charge is 0.298 e. The lowest BCUT2D eigenvalue weighted by molar-refractivity contribution is 0.315. The van der Waals surface area contributed by atoms with Crippen molar-refractivity contribution in [3.05, 3.63) is 28.1 Å². The van der Waals surface area contributed by atoms with Gasteiger partial charge in [-0.25, -0.2) is 4.98 Å². The highest BCUT2D eigenvalue weighted by molar-refractivity contribution is 7.17. The maximum absolute atomic E-state index is 12.2. The van der Waals surface area contributed by atoms with E-state index >= 15 is 0 Å². The zero-order chi connectivity index (χ0) is 11.7. The second-order valence-electron chi connectivity index (χ2n) is 4.84. The zero-order valence-corrected chi connectivity index (χ0v) is 10.6. The van der Waals surface area contributed by atoms with Crippen molar-refractivity contribution >= 4 is 21.6 Å². The van der Waals surface area contributed by atoms with Crippen LogP contribution in [0.25, 0.3) is 10.2 Å². The lowest BCUT2D eigenvalue weighted by atomic mass is 9.89. The Morgan fingerprint density at radius 2 is 2.18 bits per heavy atom. The van der Waals surface area contributed by atoms with Gasteiger partial charge in [0, 0.05) is 6.54 Å². The summed E-state index contributed by atoms with van der Waals surface area (Å²) in [6, 6.07) is 1.91. The highest BCUT2D eigenvalue weighted by Gasteiger charge is 2.15. The summed E-state index contributed by atoms with van der Waals surface area (Å²) in [6.45, 7) is 0.847. The molecule has 0 spiro atoms. The van der Waals surface area contributed by atoms with Gasteiger partial charge in [-0.3, -0.25) is 9.36 Å². The summed E-state index contributed by atoms with van der Waals surface area (Å²) in [5.41, 5.74) is 0.968. The van der Waals surface area contributed by atoms with Crippen LogP contribution in [-0.4, -0.2) is 9.55 Å². The Kier molecular flexibility index (Phi) is 2.97. The smallest absolute Gasteiger partial charge is 0.271 e. The molecule has 0 aromatic carbocycles. The molecule has 2 aromatic rings. The van der Waals surface area contributed by atoms with E-state index in [0.29, 0.717) is 5.92 Å².